The Labute approximate surface area is 107 Å². The van der Waals surface area contributed by atoms with Crippen LogP contribution in [-0.4, -0.2) is 39.6 Å². The highest BCUT2D eigenvalue weighted by Gasteiger charge is 2.12. The average molecular weight is 253 g/mol. The van der Waals surface area contributed by atoms with Gasteiger partial charge in [0.05, 0.1) is 19.3 Å². The summed E-state index contributed by atoms with van der Waals surface area (Å²) in [4.78, 5) is 11.5. The van der Waals surface area contributed by atoms with Crippen molar-refractivity contribution in [2.75, 3.05) is 27.4 Å². The summed E-state index contributed by atoms with van der Waals surface area (Å²) >= 11 is 0. The lowest BCUT2D eigenvalue weighted by Gasteiger charge is -2.16. The van der Waals surface area contributed by atoms with Crippen molar-refractivity contribution in [2.24, 2.45) is 0 Å². The zero-order chi connectivity index (χ0) is 13.2. The minimum atomic E-state index is -0.474. The van der Waals surface area contributed by atoms with Crippen LogP contribution in [0.25, 0.3) is 0 Å². The molecule has 0 atom stereocenters. The standard InChI is InChI=1S/C13H19NO4/c1-16-9-12(10-17-2)14-13(15)18-8-11-6-4-3-5-7-11/h3-7,12H,8-10H2,1-2H3,(H,14,15). The monoisotopic (exact) mass is 253 g/mol. The first-order valence-corrected chi connectivity index (χ1v) is 5.71. The Morgan fingerprint density at radius 2 is 1.78 bits per heavy atom. The van der Waals surface area contributed by atoms with Crippen LogP contribution in [0.3, 0.4) is 0 Å². The van der Waals surface area contributed by atoms with Crippen molar-refractivity contribution in [1.29, 1.82) is 0 Å². The molecule has 0 aromatic heterocycles. The molecule has 100 valence electrons. The highest BCUT2D eigenvalue weighted by molar-refractivity contribution is 5.67. The first-order chi connectivity index (χ1) is 8.76. The Balaban J connectivity index is 2.31. The second-order valence-corrected chi connectivity index (χ2v) is 3.81. The molecule has 0 aliphatic heterocycles. The van der Waals surface area contributed by atoms with Crippen molar-refractivity contribution in [3.63, 3.8) is 0 Å². The number of ether oxygens (including phenoxy) is 3. The summed E-state index contributed by atoms with van der Waals surface area (Å²) in [6.07, 6.45) is -0.474. The average Bonchev–Trinajstić information content (AvgIpc) is 2.38. The van der Waals surface area contributed by atoms with Crippen LogP contribution in [0.2, 0.25) is 0 Å². The van der Waals surface area contributed by atoms with E-state index < -0.39 is 6.09 Å². The Bertz CT molecular complexity index is 336. The largest absolute Gasteiger partial charge is 0.445 e. The molecule has 0 aliphatic carbocycles. The van der Waals surface area contributed by atoms with E-state index in [1.165, 1.54) is 0 Å². The Morgan fingerprint density at radius 1 is 1.17 bits per heavy atom. The van der Waals surface area contributed by atoms with Gasteiger partial charge in [-0.2, -0.15) is 0 Å². The lowest BCUT2D eigenvalue weighted by molar-refractivity contribution is 0.0881. The minimum Gasteiger partial charge on any atom is -0.445 e. The molecule has 5 heteroatoms. The number of carbonyl (C=O) groups excluding carboxylic acids is 1. The maximum atomic E-state index is 11.5. The van der Waals surface area contributed by atoms with Gasteiger partial charge in [0.25, 0.3) is 0 Å². The van der Waals surface area contributed by atoms with Gasteiger partial charge in [-0.1, -0.05) is 30.3 Å². The van der Waals surface area contributed by atoms with E-state index >= 15 is 0 Å². The van der Waals surface area contributed by atoms with E-state index in [0.717, 1.165) is 5.56 Å². The molecular formula is C13H19NO4. The molecule has 1 N–H and O–H groups in total. The first kappa shape index (κ1) is 14.5. The highest BCUT2D eigenvalue weighted by Crippen LogP contribution is 2.00. The van der Waals surface area contributed by atoms with Crippen LogP contribution in [0.1, 0.15) is 5.56 Å². The van der Waals surface area contributed by atoms with Crippen LogP contribution >= 0.6 is 0 Å². The van der Waals surface area contributed by atoms with Crippen molar-refractivity contribution >= 4 is 6.09 Å². The number of hydrogen-bond donors (Lipinski definition) is 1. The summed E-state index contributed by atoms with van der Waals surface area (Å²) in [6, 6.07) is 9.30. The fourth-order valence-corrected chi connectivity index (χ4v) is 1.47. The van der Waals surface area contributed by atoms with Gasteiger partial charge in [-0.15, -0.1) is 0 Å². The van der Waals surface area contributed by atoms with Crippen LogP contribution in [0.15, 0.2) is 30.3 Å². The van der Waals surface area contributed by atoms with Crippen molar-refractivity contribution in [3.8, 4) is 0 Å². The van der Waals surface area contributed by atoms with Crippen molar-refractivity contribution in [1.82, 2.24) is 5.32 Å². The predicted octanol–water partition coefficient (Wildman–Crippen LogP) is 1.57. The number of alkyl carbamates (subject to hydrolysis) is 1. The molecule has 0 saturated heterocycles. The third-order valence-electron chi connectivity index (χ3n) is 2.27. The summed E-state index contributed by atoms with van der Waals surface area (Å²) in [6.45, 7) is 1.02. The third kappa shape index (κ3) is 5.65. The molecule has 0 saturated carbocycles. The second kappa shape index (κ2) is 8.49. The quantitative estimate of drug-likeness (QED) is 0.801. The van der Waals surface area contributed by atoms with Crippen LogP contribution < -0.4 is 5.32 Å². The normalized spacial score (nSPS) is 10.4. The summed E-state index contributed by atoms with van der Waals surface area (Å²) in [5.41, 5.74) is 0.947. The molecule has 1 amide bonds. The van der Waals surface area contributed by atoms with E-state index in [1.807, 2.05) is 30.3 Å². The molecular weight excluding hydrogens is 234 g/mol. The number of nitrogens with one attached hydrogen (secondary N) is 1. The van der Waals surface area contributed by atoms with E-state index in [9.17, 15) is 4.79 Å². The van der Waals surface area contributed by atoms with Gasteiger partial charge in [0, 0.05) is 14.2 Å². The zero-order valence-corrected chi connectivity index (χ0v) is 10.7. The molecule has 0 bridgehead atoms. The van der Waals surface area contributed by atoms with Gasteiger partial charge in [-0.3, -0.25) is 0 Å². The summed E-state index contributed by atoms with van der Waals surface area (Å²) in [5.74, 6) is 0. The van der Waals surface area contributed by atoms with Gasteiger partial charge in [0.1, 0.15) is 6.61 Å². The van der Waals surface area contributed by atoms with E-state index in [2.05, 4.69) is 5.32 Å². The van der Waals surface area contributed by atoms with E-state index in [0.29, 0.717) is 13.2 Å². The lowest BCUT2D eigenvalue weighted by atomic mass is 10.2. The van der Waals surface area contributed by atoms with E-state index in [1.54, 1.807) is 14.2 Å². The fraction of sp³-hybridized carbons (Fsp3) is 0.462. The molecule has 18 heavy (non-hydrogen) atoms. The van der Waals surface area contributed by atoms with Crippen LogP contribution in [-0.2, 0) is 20.8 Å². The molecule has 5 nitrogen and oxygen atoms in total. The Kier molecular flexibility index (Phi) is 6.83. The van der Waals surface area contributed by atoms with Crippen molar-refractivity contribution < 1.29 is 19.0 Å². The predicted molar refractivity (Wildman–Crippen MR) is 67.3 cm³/mol. The minimum absolute atomic E-state index is 0.205. The van der Waals surface area contributed by atoms with Gasteiger partial charge in [-0.05, 0) is 5.56 Å². The van der Waals surface area contributed by atoms with Gasteiger partial charge in [-0.25, -0.2) is 4.79 Å². The van der Waals surface area contributed by atoms with Crippen LogP contribution in [0.5, 0.6) is 0 Å². The molecule has 0 radical (unpaired) electrons. The molecule has 1 aromatic rings. The third-order valence-corrected chi connectivity index (χ3v) is 2.27. The number of methoxy groups -OCH3 is 2. The van der Waals surface area contributed by atoms with Gasteiger partial charge in [0.2, 0.25) is 0 Å². The number of rotatable bonds is 7. The maximum Gasteiger partial charge on any atom is 0.407 e. The van der Waals surface area contributed by atoms with Gasteiger partial charge < -0.3 is 19.5 Å². The van der Waals surface area contributed by atoms with Gasteiger partial charge >= 0.3 is 6.09 Å². The van der Waals surface area contributed by atoms with Crippen LogP contribution in [0, 0.1) is 0 Å². The molecule has 1 aromatic carbocycles. The number of amides is 1. The smallest absolute Gasteiger partial charge is 0.407 e. The van der Waals surface area contributed by atoms with Crippen molar-refractivity contribution in [2.45, 2.75) is 12.6 Å². The summed E-state index contributed by atoms with van der Waals surface area (Å²) in [7, 11) is 3.14. The summed E-state index contributed by atoms with van der Waals surface area (Å²) in [5, 5.41) is 2.68. The van der Waals surface area contributed by atoms with Crippen LogP contribution in [0.4, 0.5) is 4.79 Å². The first-order valence-electron chi connectivity index (χ1n) is 5.71. The zero-order valence-electron chi connectivity index (χ0n) is 10.7. The number of carbonyl (C=O) groups is 1. The SMILES string of the molecule is COCC(COC)NC(=O)OCc1ccccc1. The topological polar surface area (TPSA) is 56.8 Å². The molecule has 0 spiro atoms. The lowest BCUT2D eigenvalue weighted by Crippen LogP contribution is -2.41. The number of hydrogen-bond acceptors (Lipinski definition) is 4. The van der Waals surface area contributed by atoms with Crippen molar-refractivity contribution in [3.05, 3.63) is 35.9 Å². The Morgan fingerprint density at radius 3 is 2.33 bits per heavy atom. The number of benzene rings is 1. The summed E-state index contributed by atoms with van der Waals surface area (Å²) < 4.78 is 15.0. The fourth-order valence-electron chi connectivity index (χ4n) is 1.47. The second-order valence-electron chi connectivity index (χ2n) is 3.81. The molecule has 0 aliphatic rings. The highest BCUT2D eigenvalue weighted by atomic mass is 16.5. The van der Waals surface area contributed by atoms with E-state index in [4.69, 9.17) is 14.2 Å². The maximum absolute atomic E-state index is 11.5. The molecule has 0 fully saturated rings. The molecule has 1 rings (SSSR count). The molecule has 0 heterocycles. The molecule has 0 unspecified atom stereocenters. The van der Waals surface area contributed by atoms with Gasteiger partial charge in [0.15, 0.2) is 0 Å². The van der Waals surface area contributed by atoms with E-state index in [-0.39, 0.29) is 12.6 Å². The Hall–Kier alpha value is -1.59.